The molecule has 2 nitrogen and oxygen atoms in total. The first-order valence-electron chi connectivity index (χ1n) is 6.45. The van der Waals surface area contributed by atoms with Gasteiger partial charge in [-0.15, -0.1) is 0 Å². The maximum absolute atomic E-state index is 10.8. The average molecular weight is 212 g/mol. The zero-order chi connectivity index (χ0) is 11.1. The summed E-state index contributed by atoms with van der Waals surface area (Å²) in [6, 6.07) is 0. The van der Waals surface area contributed by atoms with Crippen LogP contribution in [0.3, 0.4) is 0 Å². The highest BCUT2D eigenvalue weighted by Gasteiger charge is 2.24. The van der Waals surface area contributed by atoms with E-state index in [2.05, 4.69) is 6.92 Å². The molecule has 0 aromatic carbocycles. The number of carbonyl (C=O) groups is 1. The minimum absolute atomic E-state index is 0.394. The van der Waals surface area contributed by atoms with Crippen molar-refractivity contribution < 1.29 is 9.90 Å². The van der Waals surface area contributed by atoms with Crippen molar-refractivity contribution >= 4 is 5.97 Å². The van der Waals surface area contributed by atoms with Crippen LogP contribution >= 0.6 is 0 Å². The third-order valence-electron chi connectivity index (χ3n) is 3.68. The highest BCUT2D eigenvalue weighted by Crippen LogP contribution is 2.34. The van der Waals surface area contributed by atoms with Crippen molar-refractivity contribution in [3.8, 4) is 0 Å². The molecule has 0 spiro atoms. The summed E-state index contributed by atoms with van der Waals surface area (Å²) in [4.78, 5) is 10.8. The Bertz CT molecular complexity index is 183. The first kappa shape index (κ1) is 12.5. The molecule has 1 N–H and O–H groups in total. The fourth-order valence-electron chi connectivity index (χ4n) is 2.80. The second-order valence-corrected chi connectivity index (χ2v) is 4.90. The lowest BCUT2D eigenvalue weighted by molar-refractivity contribution is -0.138. The summed E-state index contributed by atoms with van der Waals surface area (Å²) in [5.74, 6) is 0.533. The molecule has 0 bridgehead atoms. The molecule has 0 heterocycles. The van der Waals surface area contributed by atoms with Gasteiger partial charge in [-0.1, -0.05) is 51.9 Å². The van der Waals surface area contributed by atoms with E-state index >= 15 is 0 Å². The van der Waals surface area contributed by atoms with E-state index in [9.17, 15) is 4.79 Å². The maximum Gasteiger partial charge on any atom is 0.303 e. The summed E-state index contributed by atoms with van der Waals surface area (Å²) in [6.45, 7) is 2.18. The Balaban J connectivity index is 2.41. The predicted octanol–water partition coefficient (Wildman–Crippen LogP) is 3.85. The van der Waals surface area contributed by atoms with Gasteiger partial charge in [-0.25, -0.2) is 0 Å². The lowest BCUT2D eigenvalue weighted by atomic mass is 9.76. The molecule has 2 heteroatoms. The molecule has 15 heavy (non-hydrogen) atoms. The SMILES string of the molecule is CCCC[C@@H](CC(=O)O)C1CCCCC1. The number of rotatable bonds is 6. The van der Waals surface area contributed by atoms with Crippen LogP contribution in [-0.2, 0) is 4.79 Å². The van der Waals surface area contributed by atoms with Crippen LogP contribution in [0.4, 0.5) is 0 Å². The van der Waals surface area contributed by atoms with Crippen LogP contribution in [0.15, 0.2) is 0 Å². The normalized spacial score (nSPS) is 20.1. The van der Waals surface area contributed by atoms with Crippen LogP contribution in [0.1, 0.15) is 64.7 Å². The van der Waals surface area contributed by atoms with Crippen LogP contribution in [0, 0.1) is 11.8 Å². The molecule has 0 aliphatic heterocycles. The number of hydrogen-bond acceptors (Lipinski definition) is 1. The third-order valence-corrected chi connectivity index (χ3v) is 3.68. The second kappa shape index (κ2) is 6.86. The number of aliphatic carboxylic acids is 1. The molecule has 0 unspecified atom stereocenters. The summed E-state index contributed by atoms with van der Waals surface area (Å²) in [5.41, 5.74) is 0. The van der Waals surface area contributed by atoms with E-state index in [4.69, 9.17) is 5.11 Å². The molecular formula is C13H24O2. The Labute approximate surface area is 93.1 Å². The minimum atomic E-state index is -0.610. The zero-order valence-electron chi connectivity index (χ0n) is 9.87. The van der Waals surface area contributed by atoms with Crippen LogP contribution < -0.4 is 0 Å². The monoisotopic (exact) mass is 212 g/mol. The summed E-state index contributed by atoms with van der Waals surface area (Å²) in [5, 5.41) is 8.91. The smallest absolute Gasteiger partial charge is 0.303 e. The zero-order valence-corrected chi connectivity index (χ0v) is 9.87. The average Bonchev–Trinajstić information content (AvgIpc) is 2.25. The number of carboxylic acids is 1. The van der Waals surface area contributed by atoms with Gasteiger partial charge in [0.15, 0.2) is 0 Å². The van der Waals surface area contributed by atoms with Crippen LogP contribution in [0.25, 0.3) is 0 Å². The van der Waals surface area contributed by atoms with Gasteiger partial charge >= 0.3 is 5.97 Å². The summed E-state index contributed by atoms with van der Waals surface area (Å²) in [6.07, 6.45) is 10.4. The molecule has 1 fully saturated rings. The molecule has 1 aliphatic carbocycles. The van der Waals surface area contributed by atoms with Crippen LogP contribution in [-0.4, -0.2) is 11.1 Å². The summed E-state index contributed by atoms with van der Waals surface area (Å²) < 4.78 is 0. The van der Waals surface area contributed by atoms with Crippen LogP contribution in [0.2, 0.25) is 0 Å². The number of carboxylic acid groups (broad SMARTS) is 1. The van der Waals surface area contributed by atoms with Gasteiger partial charge in [0, 0.05) is 6.42 Å². The quantitative estimate of drug-likeness (QED) is 0.726. The number of hydrogen-bond donors (Lipinski definition) is 1. The summed E-state index contributed by atoms with van der Waals surface area (Å²) >= 11 is 0. The highest BCUT2D eigenvalue weighted by atomic mass is 16.4. The molecule has 88 valence electrons. The Morgan fingerprint density at radius 2 is 2.00 bits per heavy atom. The van der Waals surface area contributed by atoms with Gasteiger partial charge < -0.3 is 5.11 Å². The number of unbranched alkanes of at least 4 members (excludes halogenated alkanes) is 1. The fourth-order valence-corrected chi connectivity index (χ4v) is 2.80. The van der Waals surface area contributed by atoms with E-state index in [0.717, 1.165) is 6.42 Å². The Morgan fingerprint density at radius 1 is 1.33 bits per heavy atom. The molecule has 1 aliphatic rings. The van der Waals surface area contributed by atoms with Gasteiger partial charge in [0.2, 0.25) is 0 Å². The predicted molar refractivity (Wildman–Crippen MR) is 61.8 cm³/mol. The fraction of sp³-hybridized carbons (Fsp3) is 0.923. The van der Waals surface area contributed by atoms with Crippen molar-refractivity contribution in [3.05, 3.63) is 0 Å². The highest BCUT2D eigenvalue weighted by molar-refractivity contribution is 5.67. The van der Waals surface area contributed by atoms with E-state index in [1.54, 1.807) is 0 Å². The van der Waals surface area contributed by atoms with Crippen molar-refractivity contribution in [3.63, 3.8) is 0 Å². The van der Waals surface area contributed by atoms with Gasteiger partial charge in [0.1, 0.15) is 0 Å². The van der Waals surface area contributed by atoms with Gasteiger partial charge in [-0.3, -0.25) is 4.79 Å². The van der Waals surface area contributed by atoms with Crippen molar-refractivity contribution in [1.29, 1.82) is 0 Å². The molecule has 1 atom stereocenters. The van der Waals surface area contributed by atoms with Crippen LogP contribution in [0.5, 0.6) is 0 Å². The molecule has 0 radical (unpaired) electrons. The first-order valence-corrected chi connectivity index (χ1v) is 6.45. The van der Waals surface area contributed by atoms with Crippen molar-refractivity contribution in [2.75, 3.05) is 0 Å². The molecule has 1 rings (SSSR count). The molecule has 0 aromatic heterocycles. The van der Waals surface area contributed by atoms with E-state index in [-0.39, 0.29) is 0 Å². The Hall–Kier alpha value is -0.530. The topological polar surface area (TPSA) is 37.3 Å². The third kappa shape index (κ3) is 4.67. The van der Waals surface area contributed by atoms with E-state index in [0.29, 0.717) is 18.3 Å². The molecule has 0 amide bonds. The van der Waals surface area contributed by atoms with Crippen molar-refractivity contribution in [2.24, 2.45) is 11.8 Å². The van der Waals surface area contributed by atoms with Gasteiger partial charge in [-0.05, 0) is 18.3 Å². The van der Waals surface area contributed by atoms with Gasteiger partial charge in [-0.2, -0.15) is 0 Å². The van der Waals surface area contributed by atoms with E-state index < -0.39 is 5.97 Å². The lowest BCUT2D eigenvalue weighted by Crippen LogP contribution is -2.21. The molecule has 1 saturated carbocycles. The molecule has 0 saturated heterocycles. The Kier molecular flexibility index (Phi) is 5.74. The largest absolute Gasteiger partial charge is 0.481 e. The lowest BCUT2D eigenvalue weighted by Gasteiger charge is -2.29. The Morgan fingerprint density at radius 3 is 2.53 bits per heavy atom. The second-order valence-electron chi connectivity index (χ2n) is 4.90. The van der Waals surface area contributed by atoms with E-state index in [1.807, 2.05) is 0 Å². The standard InChI is InChI=1S/C13H24O2/c1-2-3-7-12(10-13(14)15)11-8-5-4-6-9-11/h11-12H,2-10H2,1H3,(H,14,15)/t12-/m0/s1. The summed E-state index contributed by atoms with van der Waals surface area (Å²) in [7, 11) is 0. The van der Waals surface area contributed by atoms with Gasteiger partial charge in [0.05, 0.1) is 0 Å². The first-order chi connectivity index (χ1) is 7.24. The maximum atomic E-state index is 10.8. The van der Waals surface area contributed by atoms with E-state index in [1.165, 1.54) is 44.9 Å². The molecular weight excluding hydrogens is 188 g/mol. The van der Waals surface area contributed by atoms with Gasteiger partial charge in [0.25, 0.3) is 0 Å². The molecule has 0 aromatic rings. The van der Waals surface area contributed by atoms with Crippen molar-refractivity contribution in [1.82, 2.24) is 0 Å². The van der Waals surface area contributed by atoms with Crippen molar-refractivity contribution in [2.45, 2.75) is 64.7 Å². The minimum Gasteiger partial charge on any atom is -0.481 e.